The van der Waals surface area contributed by atoms with Crippen molar-refractivity contribution in [3.8, 4) is 11.6 Å². The van der Waals surface area contributed by atoms with Crippen molar-refractivity contribution in [2.24, 2.45) is 5.92 Å². The Balaban J connectivity index is 1.58. The first-order valence-corrected chi connectivity index (χ1v) is 11.5. The Kier molecular flexibility index (Phi) is 5.12. The van der Waals surface area contributed by atoms with Crippen molar-refractivity contribution in [2.45, 2.75) is 25.7 Å². The first kappa shape index (κ1) is 19.6. The molecular weight excluding hydrogens is 390 g/mol. The van der Waals surface area contributed by atoms with Crippen LogP contribution in [-0.4, -0.2) is 48.5 Å². The van der Waals surface area contributed by atoms with Gasteiger partial charge in [-0.05, 0) is 36.5 Å². The van der Waals surface area contributed by atoms with Crippen molar-refractivity contribution >= 4 is 15.7 Å². The van der Waals surface area contributed by atoms with Gasteiger partial charge in [0.25, 0.3) is 5.91 Å². The molecule has 4 rings (SSSR count). The van der Waals surface area contributed by atoms with Crippen molar-refractivity contribution in [2.75, 3.05) is 19.3 Å². The van der Waals surface area contributed by atoms with Crippen LogP contribution < -0.4 is 4.74 Å². The van der Waals surface area contributed by atoms with Gasteiger partial charge in [-0.1, -0.05) is 25.1 Å². The van der Waals surface area contributed by atoms with Crippen LogP contribution in [0.15, 0.2) is 47.5 Å². The largest absolute Gasteiger partial charge is 0.438 e. The van der Waals surface area contributed by atoms with Crippen LogP contribution in [0.25, 0.3) is 0 Å². The van der Waals surface area contributed by atoms with E-state index in [4.69, 9.17) is 4.74 Å². The summed E-state index contributed by atoms with van der Waals surface area (Å²) < 4.78 is 28.7. The Hall–Kier alpha value is -2.74. The maximum Gasteiger partial charge on any atom is 0.261 e. The van der Waals surface area contributed by atoms with Crippen LogP contribution in [0.3, 0.4) is 0 Å². The summed E-state index contributed by atoms with van der Waals surface area (Å²) in [5, 5.41) is 1.22. The van der Waals surface area contributed by atoms with Gasteiger partial charge in [0.2, 0.25) is 5.88 Å². The summed E-state index contributed by atoms with van der Waals surface area (Å²) in [5.74, 6) is 2.22. The number of hydrogen-bond donors (Lipinski definition) is 0. The smallest absolute Gasteiger partial charge is 0.261 e. The first-order valence-electron chi connectivity index (χ1n) is 9.57. The molecule has 1 saturated heterocycles. The second-order valence-electron chi connectivity index (χ2n) is 7.90. The topological polar surface area (TPSA) is 89.5 Å². The molecule has 29 heavy (non-hydrogen) atoms. The lowest BCUT2D eigenvalue weighted by molar-refractivity contribution is 0.0723. The van der Waals surface area contributed by atoms with Crippen LogP contribution in [0.2, 0.25) is 0 Å². The van der Waals surface area contributed by atoms with Gasteiger partial charge >= 0.3 is 0 Å². The second-order valence-corrected chi connectivity index (χ2v) is 9.80. The predicted octanol–water partition coefficient (Wildman–Crippen LogP) is 3.17. The maximum atomic E-state index is 13.0. The van der Waals surface area contributed by atoms with Crippen molar-refractivity contribution in [1.29, 1.82) is 0 Å². The molecule has 0 radical (unpaired) electrons. The highest BCUT2D eigenvalue weighted by Gasteiger charge is 2.33. The van der Waals surface area contributed by atoms with Crippen LogP contribution in [0.5, 0.6) is 11.6 Å². The van der Waals surface area contributed by atoms with Crippen molar-refractivity contribution in [3.63, 3.8) is 0 Å². The lowest BCUT2D eigenvalue weighted by Gasteiger charge is -2.34. The zero-order chi connectivity index (χ0) is 20.6. The lowest BCUT2D eigenvalue weighted by Crippen LogP contribution is -2.45. The number of nitrogens with zero attached hydrogens (tertiary/aromatic N) is 3. The molecule has 1 aromatic heterocycles. The summed E-state index contributed by atoms with van der Waals surface area (Å²) in [7, 11) is -3.21. The number of carbonyl (C=O) groups is 1. The van der Waals surface area contributed by atoms with E-state index in [9.17, 15) is 13.2 Å². The van der Waals surface area contributed by atoms with Gasteiger partial charge in [-0.3, -0.25) is 4.79 Å². The fourth-order valence-corrected chi connectivity index (χ4v) is 4.40. The monoisotopic (exact) mass is 413 g/mol. The highest BCUT2D eigenvalue weighted by molar-refractivity contribution is 7.93. The maximum absolute atomic E-state index is 13.0. The van der Waals surface area contributed by atoms with Gasteiger partial charge in [-0.2, -0.15) is 4.98 Å². The molecule has 7 nitrogen and oxygen atoms in total. The van der Waals surface area contributed by atoms with Crippen LogP contribution in [0.4, 0.5) is 0 Å². The zero-order valence-electron chi connectivity index (χ0n) is 16.4. The zero-order valence-corrected chi connectivity index (χ0v) is 17.2. The summed E-state index contributed by atoms with van der Waals surface area (Å²) >= 11 is 0. The molecule has 2 heterocycles. The fourth-order valence-electron chi connectivity index (χ4n) is 3.65. The number of aromatic nitrogens is 2. The highest BCUT2D eigenvalue weighted by atomic mass is 32.2. The summed E-state index contributed by atoms with van der Waals surface area (Å²) in [6.45, 7) is 2.75. The van der Waals surface area contributed by atoms with E-state index in [-0.39, 0.29) is 30.4 Å². The molecular formula is C21H23N3O4S. The number of amides is 1. The van der Waals surface area contributed by atoms with Gasteiger partial charge in [0.15, 0.2) is 9.84 Å². The van der Waals surface area contributed by atoms with E-state index in [2.05, 4.69) is 16.9 Å². The van der Waals surface area contributed by atoms with E-state index in [1.54, 1.807) is 17.0 Å². The molecule has 152 valence electrons. The summed E-state index contributed by atoms with van der Waals surface area (Å²) in [5.41, 5.74) is 0.982. The molecule has 2 aromatic rings. The molecule has 0 N–H and O–H groups in total. The van der Waals surface area contributed by atoms with E-state index in [1.165, 1.54) is 11.6 Å². The molecule has 0 spiro atoms. The van der Waals surface area contributed by atoms with Gasteiger partial charge in [-0.15, -0.1) is 0 Å². The number of para-hydroxylation sites is 1. The Bertz CT molecular complexity index is 1050. The van der Waals surface area contributed by atoms with E-state index < -0.39 is 9.84 Å². The number of carbonyl (C=O) groups excluding carboxylic acids is 1. The van der Waals surface area contributed by atoms with Gasteiger partial charge < -0.3 is 9.64 Å². The van der Waals surface area contributed by atoms with Crippen LogP contribution in [0.1, 0.15) is 41.9 Å². The Labute approximate surface area is 170 Å². The summed E-state index contributed by atoms with van der Waals surface area (Å²) in [6, 6.07) is 9.19. The third-order valence-corrected chi connectivity index (χ3v) is 5.92. The van der Waals surface area contributed by atoms with Crippen molar-refractivity contribution in [3.05, 3.63) is 58.9 Å². The standard InChI is InChI=1S/C21H23N3O4S/c1-14-8-16(9-14)19-22-10-18(20(23-19)28-17-6-4-3-5-7-17)21(25)24-11-15(12-24)13-29(2,26)27/h3-7,10,13-14,16H,8-9,11-12H2,1-2H3/t14-,16+. The number of benzene rings is 1. The summed E-state index contributed by atoms with van der Waals surface area (Å²) in [4.78, 5) is 23.5. The average molecular weight is 413 g/mol. The van der Waals surface area contributed by atoms with E-state index in [0.717, 1.165) is 19.1 Å². The van der Waals surface area contributed by atoms with Gasteiger partial charge in [0.1, 0.15) is 17.1 Å². The third kappa shape index (κ3) is 4.48. The third-order valence-electron chi connectivity index (χ3n) is 5.16. The normalized spacial score (nSPS) is 21.2. The number of sulfone groups is 1. The van der Waals surface area contributed by atoms with Gasteiger partial charge in [0, 0.05) is 36.9 Å². The lowest BCUT2D eigenvalue weighted by atomic mass is 9.76. The predicted molar refractivity (Wildman–Crippen MR) is 109 cm³/mol. The minimum atomic E-state index is -3.21. The first-order chi connectivity index (χ1) is 13.8. The quantitative estimate of drug-likeness (QED) is 0.748. The van der Waals surface area contributed by atoms with Crippen molar-refractivity contribution in [1.82, 2.24) is 14.9 Å². The Morgan fingerprint density at radius 1 is 1.21 bits per heavy atom. The Morgan fingerprint density at radius 3 is 2.52 bits per heavy atom. The molecule has 0 bridgehead atoms. The van der Waals surface area contributed by atoms with Crippen LogP contribution in [0, 0.1) is 5.92 Å². The second kappa shape index (κ2) is 7.59. The minimum absolute atomic E-state index is 0.242. The number of ether oxygens (including phenoxy) is 1. The van der Waals surface area contributed by atoms with Gasteiger partial charge in [-0.25, -0.2) is 13.4 Å². The van der Waals surface area contributed by atoms with E-state index >= 15 is 0 Å². The van der Waals surface area contributed by atoms with Crippen LogP contribution in [-0.2, 0) is 9.84 Å². The average Bonchev–Trinajstić information content (AvgIpc) is 2.61. The number of rotatable bonds is 5. The molecule has 1 amide bonds. The SMILES string of the molecule is CS(=O)(=O)C=C1CN(C(=O)c2cnc([C@H]3C[C@@H](C)C3)nc2Oc2ccccc2)C1. The van der Waals surface area contributed by atoms with Crippen LogP contribution >= 0.6 is 0 Å². The number of likely N-dealkylation sites (tertiary alicyclic amines) is 1. The minimum Gasteiger partial charge on any atom is -0.438 e. The highest BCUT2D eigenvalue weighted by Crippen LogP contribution is 2.40. The van der Waals surface area contributed by atoms with Gasteiger partial charge in [0.05, 0.1) is 0 Å². The molecule has 0 atom stereocenters. The fraction of sp³-hybridized carbons (Fsp3) is 0.381. The number of hydrogen-bond acceptors (Lipinski definition) is 6. The molecule has 2 aliphatic rings. The molecule has 2 fully saturated rings. The molecule has 1 aliphatic carbocycles. The molecule has 1 aromatic carbocycles. The molecule has 0 unspecified atom stereocenters. The molecule has 1 aliphatic heterocycles. The van der Waals surface area contributed by atoms with E-state index in [0.29, 0.717) is 29.0 Å². The molecule has 8 heteroatoms. The Morgan fingerprint density at radius 2 is 1.90 bits per heavy atom. The van der Waals surface area contributed by atoms with E-state index in [1.807, 2.05) is 18.2 Å². The summed E-state index contributed by atoms with van der Waals surface area (Å²) in [6.07, 6.45) is 4.74. The molecule has 1 saturated carbocycles. The van der Waals surface area contributed by atoms with Crippen molar-refractivity contribution < 1.29 is 17.9 Å².